The van der Waals surface area contributed by atoms with Crippen molar-refractivity contribution in [3.8, 4) is 0 Å². The average Bonchev–Trinajstić information content (AvgIpc) is 3.06. The maximum Gasteiger partial charge on any atom is 0.268 e. The summed E-state index contributed by atoms with van der Waals surface area (Å²) < 4.78 is 23.0. The first-order valence-corrected chi connectivity index (χ1v) is 22.4. The van der Waals surface area contributed by atoms with Crippen LogP contribution in [0.5, 0.6) is 0 Å². The van der Waals surface area contributed by atoms with E-state index in [1.54, 1.807) is 0 Å². The van der Waals surface area contributed by atoms with Gasteiger partial charge in [-0.1, -0.05) is 168 Å². The van der Waals surface area contributed by atoms with Gasteiger partial charge in [0.15, 0.2) is 0 Å². The minimum Gasteiger partial charge on any atom is -0.756 e. The molecule has 306 valence electrons. The van der Waals surface area contributed by atoms with Crippen LogP contribution in [0.2, 0.25) is 0 Å². The van der Waals surface area contributed by atoms with Gasteiger partial charge in [-0.05, 0) is 18.8 Å². The van der Waals surface area contributed by atoms with Crippen molar-refractivity contribution in [1.82, 2.24) is 5.32 Å². The number of aliphatic hydroxyl groups excluding tert-OH is 3. The highest BCUT2D eigenvalue weighted by Gasteiger charge is 2.31. The predicted octanol–water partition coefficient (Wildman–Crippen LogP) is 8.19. The Hall–Kier alpha value is -0.580. The van der Waals surface area contributed by atoms with Crippen molar-refractivity contribution < 1.29 is 43.1 Å². The average molecular weight is 751 g/mol. The topological polar surface area (TPSA) is 148 Å². The van der Waals surface area contributed by atoms with Crippen LogP contribution < -0.4 is 10.2 Å². The van der Waals surface area contributed by atoms with Gasteiger partial charge in [-0.3, -0.25) is 9.36 Å². The van der Waals surface area contributed by atoms with Crippen LogP contribution in [0.25, 0.3) is 0 Å². The lowest BCUT2D eigenvalue weighted by Crippen LogP contribution is -2.53. The van der Waals surface area contributed by atoms with E-state index < -0.39 is 44.7 Å². The van der Waals surface area contributed by atoms with Crippen molar-refractivity contribution in [2.24, 2.45) is 5.92 Å². The molecule has 1 amide bonds. The van der Waals surface area contributed by atoms with E-state index in [2.05, 4.69) is 26.1 Å². The largest absolute Gasteiger partial charge is 0.756 e. The molecule has 0 aromatic carbocycles. The molecule has 0 aliphatic heterocycles. The van der Waals surface area contributed by atoms with Crippen LogP contribution in [0, 0.1) is 5.92 Å². The Balaban J connectivity index is 4.67. The number of amides is 1. The third-order valence-corrected chi connectivity index (χ3v) is 10.7. The maximum atomic E-state index is 12.9. The van der Waals surface area contributed by atoms with E-state index in [-0.39, 0.29) is 13.0 Å². The number of carbonyl (C=O) groups excluding carboxylic acids is 1. The summed E-state index contributed by atoms with van der Waals surface area (Å²) in [7, 11) is 0.984. The summed E-state index contributed by atoms with van der Waals surface area (Å²) in [5.41, 5.74) is 0. The first kappa shape index (κ1) is 50.4. The Bertz CT molecular complexity index is 857. The Kier molecular flexibility index (Phi) is 31.4. The van der Waals surface area contributed by atoms with E-state index in [4.69, 9.17) is 9.05 Å². The second-order valence-electron chi connectivity index (χ2n) is 16.5. The summed E-state index contributed by atoms with van der Waals surface area (Å²) in [5.74, 6) is 0.0377. The quantitative estimate of drug-likeness (QED) is 0.0282. The summed E-state index contributed by atoms with van der Waals surface area (Å²) in [6.07, 6.45) is 23.6. The van der Waals surface area contributed by atoms with Crippen LogP contribution in [0.15, 0.2) is 0 Å². The second kappa shape index (κ2) is 31.7. The smallest absolute Gasteiger partial charge is 0.268 e. The van der Waals surface area contributed by atoms with Crippen LogP contribution >= 0.6 is 7.82 Å². The van der Waals surface area contributed by atoms with E-state index in [1.807, 2.05) is 21.1 Å². The molecule has 11 heteroatoms. The van der Waals surface area contributed by atoms with Crippen molar-refractivity contribution >= 4 is 13.7 Å². The van der Waals surface area contributed by atoms with Gasteiger partial charge < -0.3 is 39.1 Å². The number of rotatable bonds is 37. The molecule has 0 spiro atoms. The van der Waals surface area contributed by atoms with Crippen LogP contribution in [0.4, 0.5) is 0 Å². The van der Waals surface area contributed by atoms with Gasteiger partial charge in [0.25, 0.3) is 7.82 Å². The minimum absolute atomic E-state index is 0.0810. The van der Waals surface area contributed by atoms with E-state index in [0.29, 0.717) is 30.3 Å². The van der Waals surface area contributed by atoms with Crippen molar-refractivity contribution in [3.63, 3.8) is 0 Å². The SMILES string of the molecule is CCCCCCCCCCCCCCCCC(O)C(=O)N[C@@H](COP(=O)([O-])OCC[N+](C)(C)C)[C@H](O)[C@H](O)CCCCCCCCCCC(C)C. The molecule has 0 saturated heterocycles. The molecular weight excluding hydrogens is 667 g/mol. The first-order valence-electron chi connectivity index (χ1n) is 20.9. The number of hydrogen-bond donors (Lipinski definition) is 4. The molecule has 0 radical (unpaired) electrons. The molecule has 0 heterocycles. The Morgan fingerprint density at radius 1 is 0.667 bits per heavy atom. The van der Waals surface area contributed by atoms with Gasteiger partial charge in [0.05, 0.1) is 39.9 Å². The molecule has 0 aromatic heterocycles. The number of phosphoric ester groups is 1. The highest BCUT2D eigenvalue weighted by Crippen LogP contribution is 2.38. The van der Waals surface area contributed by atoms with Crippen molar-refractivity contribution in [2.45, 2.75) is 206 Å². The zero-order valence-electron chi connectivity index (χ0n) is 34.0. The van der Waals surface area contributed by atoms with Crippen LogP contribution in [-0.2, 0) is 18.4 Å². The van der Waals surface area contributed by atoms with Crippen molar-refractivity contribution in [3.05, 3.63) is 0 Å². The fraction of sp³-hybridized carbons (Fsp3) is 0.975. The maximum absolute atomic E-state index is 12.9. The standard InChI is InChI=1S/C40H83N2O8P/c1-7-8-9-10-11-12-13-14-15-16-17-22-25-28-31-38(44)40(46)41-36(34-50-51(47,48)49-33-32-42(4,5)6)39(45)37(43)30-27-24-21-19-18-20-23-26-29-35(2)3/h35-39,43-45H,7-34H2,1-6H3,(H-,41,46,47,48)/t36-,37+,38?,39-/m0/s1. The molecule has 0 aromatic rings. The zero-order valence-corrected chi connectivity index (χ0v) is 34.9. The number of quaternary nitrogens is 1. The number of likely N-dealkylation sites (N-methyl/N-ethyl adjacent to an activating group) is 1. The molecule has 0 saturated carbocycles. The van der Waals surface area contributed by atoms with Gasteiger partial charge in [-0.25, -0.2) is 0 Å². The fourth-order valence-electron chi connectivity index (χ4n) is 6.21. The first-order chi connectivity index (χ1) is 24.2. The number of aliphatic hydroxyl groups is 3. The van der Waals surface area contributed by atoms with E-state index in [9.17, 15) is 29.6 Å². The fourth-order valence-corrected chi connectivity index (χ4v) is 6.93. The van der Waals surface area contributed by atoms with E-state index >= 15 is 0 Å². The molecule has 5 atom stereocenters. The molecule has 0 aliphatic rings. The summed E-state index contributed by atoms with van der Waals surface area (Å²) >= 11 is 0. The highest BCUT2D eigenvalue weighted by atomic mass is 31.2. The number of unbranched alkanes of at least 4 members (excludes halogenated alkanes) is 20. The summed E-state index contributed by atoms with van der Waals surface area (Å²) in [6.45, 7) is 6.49. The predicted molar refractivity (Wildman–Crippen MR) is 208 cm³/mol. The highest BCUT2D eigenvalue weighted by molar-refractivity contribution is 7.45. The molecular formula is C40H83N2O8P. The van der Waals surface area contributed by atoms with E-state index in [0.717, 1.165) is 44.4 Å². The molecule has 10 nitrogen and oxygen atoms in total. The molecule has 0 bridgehead atoms. The third-order valence-electron chi connectivity index (χ3n) is 9.72. The van der Waals surface area contributed by atoms with E-state index in [1.165, 1.54) is 96.3 Å². The molecule has 0 fully saturated rings. The number of carbonyl (C=O) groups is 1. The van der Waals surface area contributed by atoms with Gasteiger partial charge >= 0.3 is 0 Å². The Morgan fingerprint density at radius 3 is 1.51 bits per heavy atom. The summed E-state index contributed by atoms with van der Waals surface area (Å²) in [4.78, 5) is 25.4. The Morgan fingerprint density at radius 2 is 1.08 bits per heavy atom. The van der Waals surface area contributed by atoms with Gasteiger partial charge in [0, 0.05) is 0 Å². The van der Waals surface area contributed by atoms with Crippen LogP contribution in [0.1, 0.15) is 181 Å². The van der Waals surface area contributed by atoms with Crippen molar-refractivity contribution in [2.75, 3.05) is 40.9 Å². The Labute approximate surface area is 314 Å². The number of nitrogens with one attached hydrogen (secondary N) is 1. The lowest BCUT2D eigenvalue weighted by molar-refractivity contribution is -0.870. The normalized spacial score (nSPS) is 15.8. The lowest BCUT2D eigenvalue weighted by Gasteiger charge is -2.31. The molecule has 51 heavy (non-hydrogen) atoms. The lowest BCUT2D eigenvalue weighted by atomic mass is 9.99. The number of hydrogen-bond acceptors (Lipinski definition) is 8. The minimum atomic E-state index is -4.73. The monoisotopic (exact) mass is 751 g/mol. The summed E-state index contributed by atoms with van der Waals surface area (Å²) in [6, 6.07) is -1.24. The number of nitrogens with zero attached hydrogens (tertiary/aromatic N) is 1. The third kappa shape index (κ3) is 32.6. The second-order valence-corrected chi connectivity index (χ2v) is 17.9. The van der Waals surface area contributed by atoms with Gasteiger partial charge in [-0.15, -0.1) is 0 Å². The molecule has 4 N–H and O–H groups in total. The van der Waals surface area contributed by atoms with Crippen LogP contribution in [-0.4, -0.2) is 91.0 Å². The molecule has 2 unspecified atom stereocenters. The number of phosphoric acid groups is 1. The van der Waals surface area contributed by atoms with Gasteiger partial charge in [0.2, 0.25) is 5.91 Å². The van der Waals surface area contributed by atoms with Gasteiger partial charge in [-0.2, -0.15) is 0 Å². The molecule has 0 rings (SSSR count). The summed E-state index contributed by atoms with van der Waals surface area (Å²) in [5, 5.41) is 34.9. The molecule has 0 aliphatic carbocycles. The van der Waals surface area contributed by atoms with Gasteiger partial charge in [0.1, 0.15) is 25.4 Å². The van der Waals surface area contributed by atoms with Crippen LogP contribution in [0.3, 0.4) is 0 Å². The van der Waals surface area contributed by atoms with Crippen molar-refractivity contribution in [1.29, 1.82) is 0 Å². The zero-order chi connectivity index (χ0) is 38.4.